The van der Waals surface area contributed by atoms with Gasteiger partial charge in [0.05, 0.1) is 12.7 Å². The van der Waals surface area contributed by atoms with Gasteiger partial charge in [-0.3, -0.25) is 4.79 Å². The first kappa shape index (κ1) is 15.9. The van der Waals surface area contributed by atoms with Crippen molar-refractivity contribution in [3.63, 3.8) is 0 Å². The van der Waals surface area contributed by atoms with Crippen molar-refractivity contribution in [3.05, 3.63) is 57.6 Å². The zero-order valence-corrected chi connectivity index (χ0v) is 14.8. The van der Waals surface area contributed by atoms with E-state index in [0.29, 0.717) is 6.54 Å². The van der Waals surface area contributed by atoms with Gasteiger partial charge < -0.3 is 15.0 Å². The quantitative estimate of drug-likeness (QED) is 0.886. The van der Waals surface area contributed by atoms with Crippen LogP contribution in [0, 0.1) is 0 Å². The van der Waals surface area contributed by atoms with Crippen molar-refractivity contribution in [2.45, 2.75) is 13.0 Å². The number of nitrogens with one attached hydrogen (secondary N) is 1. The standard InChI is InChI=1S/C18H19BrN2O2/c1-20-14-9-13-7-8-21(18(22)17(13)16(19)10-14)11-12-3-5-15(23-2)6-4-12/h3-6,9-10,20H,7-8,11H2,1-2H3. The van der Waals surface area contributed by atoms with E-state index in [1.54, 1.807) is 7.11 Å². The summed E-state index contributed by atoms with van der Waals surface area (Å²) in [7, 11) is 3.53. The van der Waals surface area contributed by atoms with E-state index < -0.39 is 0 Å². The van der Waals surface area contributed by atoms with Crippen molar-refractivity contribution < 1.29 is 9.53 Å². The van der Waals surface area contributed by atoms with Gasteiger partial charge in [0.15, 0.2) is 0 Å². The Bertz CT molecular complexity index is 729. The van der Waals surface area contributed by atoms with Gasteiger partial charge in [-0.2, -0.15) is 0 Å². The van der Waals surface area contributed by atoms with Crippen LogP contribution in [-0.4, -0.2) is 31.5 Å². The molecule has 0 bridgehead atoms. The van der Waals surface area contributed by atoms with Gasteiger partial charge in [0.1, 0.15) is 5.75 Å². The Kier molecular flexibility index (Phi) is 4.57. The highest BCUT2D eigenvalue weighted by molar-refractivity contribution is 9.10. The minimum absolute atomic E-state index is 0.0802. The van der Waals surface area contributed by atoms with E-state index in [1.807, 2.05) is 42.3 Å². The molecule has 1 amide bonds. The molecule has 0 atom stereocenters. The highest BCUT2D eigenvalue weighted by Gasteiger charge is 2.27. The van der Waals surface area contributed by atoms with Crippen molar-refractivity contribution in [2.75, 3.05) is 26.0 Å². The molecule has 23 heavy (non-hydrogen) atoms. The molecule has 2 aromatic carbocycles. The second kappa shape index (κ2) is 6.62. The van der Waals surface area contributed by atoms with E-state index >= 15 is 0 Å². The van der Waals surface area contributed by atoms with E-state index in [9.17, 15) is 4.79 Å². The summed E-state index contributed by atoms with van der Waals surface area (Å²) in [5, 5.41) is 3.13. The first-order valence-electron chi connectivity index (χ1n) is 7.54. The number of amides is 1. The van der Waals surface area contributed by atoms with Crippen LogP contribution in [0.4, 0.5) is 5.69 Å². The van der Waals surface area contributed by atoms with E-state index in [4.69, 9.17) is 4.74 Å². The Balaban J connectivity index is 1.83. The molecule has 0 fully saturated rings. The third-order valence-corrected chi connectivity index (χ3v) is 4.77. The predicted octanol–water partition coefficient (Wildman–Crippen LogP) is 3.70. The number of anilines is 1. The normalized spacial score (nSPS) is 13.7. The average Bonchev–Trinajstić information content (AvgIpc) is 2.57. The monoisotopic (exact) mass is 374 g/mol. The number of nitrogens with zero attached hydrogens (tertiary/aromatic N) is 1. The highest BCUT2D eigenvalue weighted by atomic mass is 79.9. The van der Waals surface area contributed by atoms with Gasteiger partial charge in [0.25, 0.3) is 5.91 Å². The molecule has 3 rings (SSSR count). The summed E-state index contributed by atoms with van der Waals surface area (Å²) in [5.41, 5.74) is 4.00. The van der Waals surface area contributed by atoms with Gasteiger partial charge in [-0.25, -0.2) is 0 Å². The summed E-state index contributed by atoms with van der Waals surface area (Å²) in [5.74, 6) is 0.906. The van der Waals surface area contributed by atoms with Crippen LogP contribution < -0.4 is 10.1 Å². The summed E-state index contributed by atoms with van der Waals surface area (Å²) in [6.45, 7) is 1.35. The molecule has 0 unspecified atom stereocenters. The van der Waals surface area contributed by atoms with E-state index in [0.717, 1.165) is 45.6 Å². The summed E-state index contributed by atoms with van der Waals surface area (Å²) >= 11 is 3.54. The SMILES string of the molecule is CNc1cc(Br)c2c(c1)CCN(Cc1ccc(OC)cc1)C2=O. The molecule has 1 N–H and O–H groups in total. The lowest BCUT2D eigenvalue weighted by atomic mass is 9.97. The summed E-state index contributed by atoms with van der Waals surface area (Å²) in [4.78, 5) is 14.7. The highest BCUT2D eigenvalue weighted by Crippen LogP contribution is 2.31. The minimum Gasteiger partial charge on any atom is -0.497 e. The van der Waals surface area contributed by atoms with Crippen LogP contribution in [-0.2, 0) is 13.0 Å². The van der Waals surface area contributed by atoms with E-state index in [1.165, 1.54) is 0 Å². The molecule has 120 valence electrons. The van der Waals surface area contributed by atoms with Crippen molar-refractivity contribution >= 4 is 27.5 Å². The molecule has 1 aliphatic rings. The number of methoxy groups -OCH3 is 1. The predicted molar refractivity (Wildman–Crippen MR) is 95.1 cm³/mol. The molecule has 0 spiro atoms. The number of fused-ring (bicyclic) bond motifs is 1. The van der Waals surface area contributed by atoms with Crippen LogP contribution >= 0.6 is 15.9 Å². The maximum atomic E-state index is 12.8. The van der Waals surface area contributed by atoms with Crippen LogP contribution in [0.2, 0.25) is 0 Å². The Morgan fingerprint density at radius 1 is 1.26 bits per heavy atom. The maximum Gasteiger partial charge on any atom is 0.255 e. The summed E-state index contributed by atoms with van der Waals surface area (Å²) in [6.07, 6.45) is 0.866. The lowest BCUT2D eigenvalue weighted by Gasteiger charge is -2.29. The Labute approximate surface area is 144 Å². The van der Waals surface area contributed by atoms with Crippen molar-refractivity contribution in [3.8, 4) is 5.75 Å². The van der Waals surface area contributed by atoms with Crippen molar-refractivity contribution in [2.24, 2.45) is 0 Å². The topological polar surface area (TPSA) is 41.6 Å². The zero-order valence-electron chi connectivity index (χ0n) is 13.2. The Hall–Kier alpha value is -2.01. The second-order valence-electron chi connectivity index (χ2n) is 5.57. The number of rotatable bonds is 4. The smallest absolute Gasteiger partial charge is 0.255 e. The zero-order chi connectivity index (χ0) is 16.4. The lowest BCUT2D eigenvalue weighted by molar-refractivity contribution is 0.0726. The molecule has 0 saturated heterocycles. The Morgan fingerprint density at radius 3 is 2.65 bits per heavy atom. The van der Waals surface area contributed by atoms with Crippen LogP contribution in [0.15, 0.2) is 40.9 Å². The van der Waals surface area contributed by atoms with Gasteiger partial charge in [0.2, 0.25) is 0 Å². The molecular weight excluding hydrogens is 356 g/mol. The van der Waals surface area contributed by atoms with Crippen LogP contribution in [0.5, 0.6) is 5.75 Å². The number of ether oxygens (including phenoxy) is 1. The van der Waals surface area contributed by atoms with Crippen LogP contribution in [0.25, 0.3) is 0 Å². The number of benzene rings is 2. The van der Waals surface area contributed by atoms with E-state index in [2.05, 4.69) is 27.3 Å². The van der Waals surface area contributed by atoms with Gasteiger partial charge in [-0.05, 0) is 57.7 Å². The van der Waals surface area contributed by atoms with Gasteiger partial charge in [0, 0.05) is 30.3 Å². The molecule has 5 heteroatoms. The Morgan fingerprint density at radius 2 is 2.00 bits per heavy atom. The fourth-order valence-electron chi connectivity index (χ4n) is 2.86. The van der Waals surface area contributed by atoms with Gasteiger partial charge in [-0.15, -0.1) is 0 Å². The average molecular weight is 375 g/mol. The molecule has 4 nitrogen and oxygen atoms in total. The molecule has 0 radical (unpaired) electrons. The van der Waals surface area contributed by atoms with E-state index in [-0.39, 0.29) is 5.91 Å². The third-order valence-electron chi connectivity index (χ3n) is 4.15. The van der Waals surface area contributed by atoms with Crippen LogP contribution in [0.1, 0.15) is 21.5 Å². The summed E-state index contributed by atoms with van der Waals surface area (Å²) in [6, 6.07) is 11.9. The second-order valence-corrected chi connectivity index (χ2v) is 6.42. The lowest BCUT2D eigenvalue weighted by Crippen LogP contribution is -2.37. The number of carbonyl (C=O) groups is 1. The third kappa shape index (κ3) is 3.20. The molecule has 1 heterocycles. The fourth-order valence-corrected chi connectivity index (χ4v) is 3.53. The maximum absolute atomic E-state index is 12.8. The molecule has 0 saturated carbocycles. The first-order chi connectivity index (χ1) is 11.1. The first-order valence-corrected chi connectivity index (χ1v) is 8.34. The van der Waals surface area contributed by atoms with Crippen molar-refractivity contribution in [1.29, 1.82) is 0 Å². The molecule has 0 aliphatic carbocycles. The molecule has 1 aliphatic heterocycles. The van der Waals surface area contributed by atoms with Crippen molar-refractivity contribution in [1.82, 2.24) is 4.90 Å². The number of halogens is 1. The van der Waals surface area contributed by atoms with Gasteiger partial charge >= 0.3 is 0 Å². The molecule has 2 aromatic rings. The number of carbonyl (C=O) groups excluding carboxylic acids is 1. The van der Waals surface area contributed by atoms with Gasteiger partial charge in [-0.1, -0.05) is 12.1 Å². The number of hydrogen-bond acceptors (Lipinski definition) is 3. The molecule has 0 aromatic heterocycles. The molecular formula is C18H19BrN2O2. The largest absolute Gasteiger partial charge is 0.497 e. The van der Waals surface area contributed by atoms with Crippen LogP contribution in [0.3, 0.4) is 0 Å². The summed E-state index contributed by atoms with van der Waals surface area (Å²) < 4.78 is 6.02. The minimum atomic E-state index is 0.0802. The fraction of sp³-hybridized carbons (Fsp3) is 0.278. The number of hydrogen-bond donors (Lipinski definition) is 1.